The van der Waals surface area contributed by atoms with E-state index in [0.29, 0.717) is 23.7 Å². The largest absolute Gasteiger partial charge is 0.506 e. The number of amides is 1. The fourth-order valence-corrected chi connectivity index (χ4v) is 2.98. The Morgan fingerprint density at radius 3 is 2.68 bits per heavy atom. The van der Waals surface area contributed by atoms with Gasteiger partial charge in [0, 0.05) is 25.2 Å². The summed E-state index contributed by atoms with van der Waals surface area (Å²) in [5.74, 6) is -0.0656. The van der Waals surface area contributed by atoms with Crippen LogP contribution in [0.4, 0.5) is 0 Å². The smallest absolute Gasteiger partial charge is 0.251 e. The van der Waals surface area contributed by atoms with E-state index in [9.17, 15) is 9.90 Å². The predicted octanol–water partition coefficient (Wildman–Crippen LogP) is 2.77. The molecule has 1 atom stereocenters. The number of aromatic hydroxyl groups is 1. The van der Waals surface area contributed by atoms with E-state index in [1.54, 1.807) is 30.3 Å². The van der Waals surface area contributed by atoms with Gasteiger partial charge in [0.05, 0.1) is 17.7 Å². The molecule has 0 radical (unpaired) electrons. The highest BCUT2D eigenvalue weighted by Crippen LogP contribution is 2.29. The first kappa shape index (κ1) is 17.7. The molecule has 1 amide bonds. The van der Waals surface area contributed by atoms with Gasteiger partial charge in [-0.1, -0.05) is 29.8 Å². The van der Waals surface area contributed by atoms with Gasteiger partial charge in [-0.25, -0.2) is 0 Å². The minimum atomic E-state index is -0.118. The van der Waals surface area contributed by atoms with Crippen molar-refractivity contribution in [2.75, 3.05) is 33.3 Å². The van der Waals surface area contributed by atoms with Gasteiger partial charge in [-0.15, -0.1) is 0 Å². The molecule has 25 heavy (non-hydrogen) atoms. The topological polar surface area (TPSA) is 61.8 Å². The Kier molecular flexibility index (Phi) is 5.58. The summed E-state index contributed by atoms with van der Waals surface area (Å²) in [6.07, 6.45) is 0.0288. The van der Waals surface area contributed by atoms with Crippen LogP contribution in [0.1, 0.15) is 10.4 Å². The second kappa shape index (κ2) is 7.87. The molecule has 0 aromatic heterocycles. The number of ether oxygens (including phenoxy) is 1. The molecule has 0 aliphatic carbocycles. The predicted molar refractivity (Wildman–Crippen MR) is 98.1 cm³/mol. The van der Waals surface area contributed by atoms with Crippen molar-refractivity contribution in [2.45, 2.75) is 6.10 Å². The molecule has 2 N–H and O–H groups in total. The molecule has 6 heteroatoms. The van der Waals surface area contributed by atoms with Crippen LogP contribution < -0.4 is 5.32 Å². The van der Waals surface area contributed by atoms with Crippen molar-refractivity contribution in [3.8, 4) is 16.9 Å². The summed E-state index contributed by atoms with van der Waals surface area (Å²) in [4.78, 5) is 14.5. The van der Waals surface area contributed by atoms with E-state index in [1.165, 1.54) is 0 Å². The van der Waals surface area contributed by atoms with Crippen molar-refractivity contribution < 1.29 is 14.6 Å². The fraction of sp³-hybridized carbons (Fsp3) is 0.316. The first-order chi connectivity index (χ1) is 12.0. The summed E-state index contributed by atoms with van der Waals surface area (Å²) in [6, 6.07) is 12.3. The number of morpholine rings is 1. The number of rotatable bonds is 4. The third kappa shape index (κ3) is 4.51. The van der Waals surface area contributed by atoms with E-state index < -0.39 is 0 Å². The third-order valence-corrected chi connectivity index (χ3v) is 4.56. The number of likely N-dealkylation sites (N-methyl/N-ethyl adjacent to an activating group) is 1. The van der Waals surface area contributed by atoms with Gasteiger partial charge in [-0.3, -0.25) is 4.79 Å². The number of phenols is 1. The lowest BCUT2D eigenvalue weighted by Crippen LogP contribution is -2.45. The van der Waals surface area contributed by atoms with E-state index in [1.807, 2.05) is 19.2 Å². The molecule has 3 rings (SSSR count). The third-order valence-electron chi connectivity index (χ3n) is 4.26. The van der Waals surface area contributed by atoms with Crippen LogP contribution in [0.15, 0.2) is 42.5 Å². The Bertz CT molecular complexity index is 749. The van der Waals surface area contributed by atoms with Crippen molar-refractivity contribution in [1.29, 1.82) is 0 Å². The van der Waals surface area contributed by atoms with Gasteiger partial charge < -0.3 is 20.1 Å². The van der Waals surface area contributed by atoms with Crippen molar-refractivity contribution >= 4 is 17.5 Å². The normalized spacial score (nSPS) is 18.1. The molecule has 1 aliphatic heterocycles. The van der Waals surface area contributed by atoms with Gasteiger partial charge in [0.1, 0.15) is 5.75 Å². The van der Waals surface area contributed by atoms with E-state index in [4.69, 9.17) is 16.3 Å². The Labute approximate surface area is 152 Å². The number of carbonyl (C=O) groups excluding carboxylic acids is 1. The average Bonchev–Trinajstić information content (AvgIpc) is 2.62. The van der Waals surface area contributed by atoms with Gasteiger partial charge in [-0.05, 0) is 42.4 Å². The molecule has 2 aromatic rings. The van der Waals surface area contributed by atoms with Crippen LogP contribution in [0, 0.1) is 0 Å². The first-order valence-corrected chi connectivity index (χ1v) is 8.58. The summed E-state index contributed by atoms with van der Waals surface area (Å²) < 4.78 is 5.64. The monoisotopic (exact) mass is 360 g/mol. The molecule has 0 spiro atoms. The number of carbonyl (C=O) groups is 1. The maximum Gasteiger partial charge on any atom is 0.251 e. The highest BCUT2D eigenvalue weighted by Gasteiger charge is 2.18. The van der Waals surface area contributed by atoms with Crippen LogP contribution in [0.3, 0.4) is 0 Å². The number of benzene rings is 2. The SMILES string of the molecule is CN1CCOC(CNC(=O)c2ccc(-c3ccc(O)c(Cl)c3)cc2)C1. The molecule has 1 aliphatic rings. The Morgan fingerprint density at radius 1 is 1.28 bits per heavy atom. The van der Waals surface area contributed by atoms with Crippen molar-refractivity contribution in [2.24, 2.45) is 0 Å². The molecule has 0 saturated carbocycles. The second-order valence-electron chi connectivity index (χ2n) is 6.21. The molecule has 132 valence electrons. The molecule has 1 saturated heterocycles. The fourth-order valence-electron chi connectivity index (χ4n) is 2.80. The molecule has 0 bridgehead atoms. The number of phenolic OH excluding ortho intramolecular Hbond substituents is 1. The zero-order chi connectivity index (χ0) is 17.8. The van der Waals surface area contributed by atoms with E-state index in [-0.39, 0.29) is 17.8 Å². The maximum absolute atomic E-state index is 12.3. The molecule has 1 fully saturated rings. The Balaban J connectivity index is 1.61. The van der Waals surface area contributed by atoms with Crippen LogP contribution >= 0.6 is 11.6 Å². The minimum absolute atomic E-state index is 0.0288. The molecule has 1 heterocycles. The van der Waals surface area contributed by atoms with Gasteiger partial charge in [0.25, 0.3) is 5.91 Å². The lowest BCUT2D eigenvalue weighted by molar-refractivity contribution is -0.0175. The van der Waals surface area contributed by atoms with E-state index in [0.717, 1.165) is 24.2 Å². The van der Waals surface area contributed by atoms with Crippen LogP contribution in [-0.2, 0) is 4.74 Å². The number of halogens is 1. The average molecular weight is 361 g/mol. The molecular formula is C19H21ClN2O3. The van der Waals surface area contributed by atoms with Crippen LogP contribution in [-0.4, -0.2) is 55.3 Å². The highest BCUT2D eigenvalue weighted by molar-refractivity contribution is 6.32. The molecule has 1 unspecified atom stereocenters. The second-order valence-corrected chi connectivity index (χ2v) is 6.62. The summed E-state index contributed by atoms with van der Waals surface area (Å²) in [6.45, 7) is 2.94. The molecule has 2 aromatic carbocycles. The van der Waals surface area contributed by atoms with Crippen LogP contribution in [0.25, 0.3) is 11.1 Å². The molecular weight excluding hydrogens is 340 g/mol. The lowest BCUT2D eigenvalue weighted by Gasteiger charge is -2.30. The quantitative estimate of drug-likeness (QED) is 0.880. The lowest BCUT2D eigenvalue weighted by atomic mass is 10.0. The van der Waals surface area contributed by atoms with Gasteiger partial charge in [0.2, 0.25) is 0 Å². The minimum Gasteiger partial charge on any atom is -0.506 e. The Hall–Kier alpha value is -2.08. The van der Waals surface area contributed by atoms with Gasteiger partial charge in [0.15, 0.2) is 0 Å². The standard InChI is InChI=1S/C19H21ClN2O3/c1-22-8-9-25-16(12-22)11-21-19(24)14-4-2-13(3-5-14)15-6-7-18(23)17(20)10-15/h2-7,10,16,23H,8-9,11-12H2,1H3,(H,21,24). The zero-order valence-electron chi connectivity index (χ0n) is 14.0. The summed E-state index contributed by atoms with van der Waals surface area (Å²) >= 11 is 5.94. The number of nitrogens with zero attached hydrogens (tertiary/aromatic N) is 1. The highest BCUT2D eigenvalue weighted by atomic mass is 35.5. The zero-order valence-corrected chi connectivity index (χ0v) is 14.8. The van der Waals surface area contributed by atoms with E-state index in [2.05, 4.69) is 10.2 Å². The van der Waals surface area contributed by atoms with Gasteiger partial charge >= 0.3 is 0 Å². The molecule has 5 nitrogen and oxygen atoms in total. The summed E-state index contributed by atoms with van der Waals surface area (Å²) in [7, 11) is 2.05. The first-order valence-electron chi connectivity index (χ1n) is 8.20. The summed E-state index contributed by atoms with van der Waals surface area (Å²) in [5, 5.41) is 12.7. The van der Waals surface area contributed by atoms with Crippen molar-refractivity contribution in [3.05, 3.63) is 53.1 Å². The number of hydrogen-bond donors (Lipinski definition) is 2. The van der Waals surface area contributed by atoms with Crippen LogP contribution in [0.2, 0.25) is 5.02 Å². The van der Waals surface area contributed by atoms with Gasteiger partial charge in [-0.2, -0.15) is 0 Å². The van der Waals surface area contributed by atoms with Crippen molar-refractivity contribution in [3.63, 3.8) is 0 Å². The maximum atomic E-state index is 12.3. The van der Waals surface area contributed by atoms with Crippen LogP contribution in [0.5, 0.6) is 5.75 Å². The summed E-state index contributed by atoms with van der Waals surface area (Å²) in [5.41, 5.74) is 2.40. The number of nitrogens with one attached hydrogen (secondary N) is 1. The Morgan fingerprint density at radius 2 is 2.00 bits per heavy atom. The number of hydrogen-bond acceptors (Lipinski definition) is 4. The van der Waals surface area contributed by atoms with Crippen molar-refractivity contribution in [1.82, 2.24) is 10.2 Å². The van der Waals surface area contributed by atoms with E-state index >= 15 is 0 Å².